The second-order valence-electron chi connectivity index (χ2n) is 4.88. The highest BCUT2D eigenvalue weighted by Gasteiger charge is 2.16. The summed E-state index contributed by atoms with van der Waals surface area (Å²) < 4.78 is 0. The molecule has 0 aromatic heterocycles. The van der Waals surface area contributed by atoms with Crippen molar-refractivity contribution in [3.63, 3.8) is 0 Å². The second-order valence-corrected chi connectivity index (χ2v) is 4.88. The predicted octanol–water partition coefficient (Wildman–Crippen LogP) is 0.361. The van der Waals surface area contributed by atoms with Crippen LogP contribution < -0.4 is 5.73 Å². The zero-order chi connectivity index (χ0) is 9.90. The number of nitrogens with zero attached hydrogens (tertiary/aromatic N) is 2. The van der Waals surface area contributed by atoms with Crippen LogP contribution in [0.3, 0.4) is 0 Å². The van der Waals surface area contributed by atoms with Gasteiger partial charge in [0.1, 0.15) is 0 Å². The van der Waals surface area contributed by atoms with Crippen LogP contribution in [0, 0.1) is 0 Å². The maximum absolute atomic E-state index is 5.94. The summed E-state index contributed by atoms with van der Waals surface area (Å²) in [7, 11) is 2.18. The molecule has 2 N–H and O–H groups in total. The summed E-state index contributed by atoms with van der Waals surface area (Å²) in [4.78, 5) is 4.89. The fourth-order valence-corrected chi connectivity index (χ4v) is 1.52. The summed E-state index contributed by atoms with van der Waals surface area (Å²) in [6.45, 7) is 10.2. The van der Waals surface area contributed by atoms with Gasteiger partial charge in [-0.2, -0.15) is 0 Å². The van der Waals surface area contributed by atoms with Gasteiger partial charge in [-0.15, -0.1) is 0 Å². The molecule has 1 rings (SSSR count). The van der Waals surface area contributed by atoms with Crippen LogP contribution in [0.1, 0.15) is 20.3 Å². The number of piperazine rings is 1. The van der Waals surface area contributed by atoms with Gasteiger partial charge in [-0.3, -0.25) is 0 Å². The second kappa shape index (κ2) is 4.40. The van der Waals surface area contributed by atoms with Crippen LogP contribution >= 0.6 is 0 Å². The van der Waals surface area contributed by atoms with Crippen molar-refractivity contribution >= 4 is 0 Å². The SMILES string of the molecule is CN1CCN(CCC(C)(C)N)CC1. The highest BCUT2D eigenvalue weighted by atomic mass is 15.2. The minimum atomic E-state index is -0.0106. The standard InChI is InChI=1S/C10H23N3/c1-10(2,11)4-5-13-8-6-12(3)7-9-13/h4-9,11H2,1-3H3. The van der Waals surface area contributed by atoms with E-state index in [9.17, 15) is 0 Å². The third-order valence-electron chi connectivity index (χ3n) is 2.67. The minimum Gasteiger partial charge on any atom is -0.326 e. The first kappa shape index (κ1) is 11.0. The van der Waals surface area contributed by atoms with Crippen molar-refractivity contribution < 1.29 is 0 Å². The van der Waals surface area contributed by atoms with E-state index in [2.05, 4.69) is 30.7 Å². The summed E-state index contributed by atoms with van der Waals surface area (Å²) in [5, 5.41) is 0. The van der Waals surface area contributed by atoms with Crippen molar-refractivity contribution in [3.05, 3.63) is 0 Å². The first-order chi connectivity index (χ1) is 5.97. The Hall–Kier alpha value is -0.120. The Morgan fingerprint density at radius 3 is 2.15 bits per heavy atom. The Kier molecular flexibility index (Phi) is 3.71. The van der Waals surface area contributed by atoms with Crippen LogP contribution in [0.2, 0.25) is 0 Å². The Bertz CT molecular complexity index is 143. The maximum Gasteiger partial charge on any atom is 0.0110 e. The van der Waals surface area contributed by atoms with Gasteiger partial charge in [0.15, 0.2) is 0 Å². The molecular weight excluding hydrogens is 162 g/mol. The van der Waals surface area contributed by atoms with Crippen LogP contribution in [-0.4, -0.2) is 55.1 Å². The molecule has 0 bridgehead atoms. The third kappa shape index (κ3) is 4.60. The van der Waals surface area contributed by atoms with Crippen molar-refractivity contribution in [2.75, 3.05) is 39.8 Å². The molecule has 1 fully saturated rings. The van der Waals surface area contributed by atoms with Gasteiger partial charge >= 0.3 is 0 Å². The summed E-state index contributed by atoms with van der Waals surface area (Å²) in [6.07, 6.45) is 1.09. The number of rotatable bonds is 3. The molecule has 78 valence electrons. The minimum absolute atomic E-state index is 0.0106. The van der Waals surface area contributed by atoms with Crippen LogP contribution in [0.4, 0.5) is 0 Å². The van der Waals surface area contributed by atoms with Gasteiger partial charge in [0.2, 0.25) is 0 Å². The van der Waals surface area contributed by atoms with E-state index in [4.69, 9.17) is 5.73 Å². The fourth-order valence-electron chi connectivity index (χ4n) is 1.52. The molecule has 3 nitrogen and oxygen atoms in total. The van der Waals surface area contributed by atoms with E-state index in [0.717, 1.165) is 13.0 Å². The van der Waals surface area contributed by atoms with E-state index in [0.29, 0.717) is 0 Å². The van der Waals surface area contributed by atoms with E-state index < -0.39 is 0 Å². The molecule has 0 spiro atoms. The molecule has 1 aliphatic rings. The molecule has 3 heteroatoms. The molecule has 0 saturated carbocycles. The van der Waals surface area contributed by atoms with Crippen LogP contribution in [0.25, 0.3) is 0 Å². The van der Waals surface area contributed by atoms with Crippen molar-refractivity contribution in [1.29, 1.82) is 0 Å². The monoisotopic (exact) mass is 185 g/mol. The molecule has 0 aromatic carbocycles. The zero-order valence-corrected chi connectivity index (χ0v) is 9.21. The lowest BCUT2D eigenvalue weighted by atomic mass is 10.0. The normalized spacial score (nSPS) is 22.2. The Labute approximate surface area is 81.9 Å². The van der Waals surface area contributed by atoms with Gasteiger partial charge in [-0.25, -0.2) is 0 Å². The van der Waals surface area contributed by atoms with Gasteiger partial charge in [0.05, 0.1) is 0 Å². The van der Waals surface area contributed by atoms with Gasteiger partial charge in [-0.1, -0.05) is 0 Å². The van der Waals surface area contributed by atoms with E-state index in [1.54, 1.807) is 0 Å². The van der Waals surface area contributed by atoms with Crippen molar-refractivity contribution in [2.24, 2.45) is 5.73 Å². The Morgan fingerprint density at radius 2 is 1.69 bits per heavy atom. The van der Waals surface area contributed by atoms with Crippen molar-refractivity contribution in [2.45, 2.75) is 25.8 Å². The molecule has 1 aliphatic heterocycles. The van der Waals surface area contributed by atoms with Crippen LogP contribution in [0.5, 0.6) is 0 Å². The van der Waals surface area contributed by atoms with Gasteiger partial charge in [0, 0.05) is 31.7 Å². The van der Waals surface area contributed by atoms with E-state index in [1.807, 2.05) is 0 Å². The average Bonchev–Trinajstić information content (AvgIpc) is 2.02. The largest absolute Gasteiger partial charge is 0.326 e. The molecule has 13 heavy (non-hydrogen) atoms. The first-order valence-electron chi connectivity index (χ1n) is 5.17. The fraction of sp³-hybridized carbons (Fsp3) is 1.00. The Balaban J connectivity index is 2.16. The van der Waals surface area contributed by atoms with E-state index >= 15 is 0 Å². The molecule has 1 heterocycles. The summed E-state index contributed by atoms with van der Waals surface area (Å²) >= 11 is 0. The lowest BCUT2D eigenvalue weighted by molar-refractivity contribution is 0.146. The molecule has 0 amide bonds. The number of hydrogen-bond donors (Lipinski definition) is 1. The quantitative estimate of drug-likeness (QED) is 0.689. The summed E-state index contributed by atoms with van der Waals surface area (Å²) in [5.41, 5.74) is 5.93. The molecule has 1 saturated heterocycles. The predicted molar refractivity (Wildman–Crippen MR) is 56.8 cm³/mol. The first-order valence-corrected chi connectivity index (χ1v) is 5.17. The smallest absolute Gasteiger partial charge is 0.0110 e. The zero-order valence-electron chi connectivity index (χ0n) is 9.21. The molecule has 0 radical (unpaired) electrons. The third-order valence-corrected chi connectivity index (χ3v) is 2.67. The lowest BCUT2D eigenvalue weighted by Gasteiger charge is -2.33. The number of nitrogens with two attached hydrogens (primary N) is 1. The molecule has 0 atom stereocenters. The molecular formula is C10H23N3. The van der Waals surface area contributed by atoms with Crippen LogP contribution in [-0.2, 0) is 0 Å². The summed E-state index contributed by atoms with van der Waals surface area (Å²) in [6, 6.07) is 0. The maximum atomic E-state index is 5.94. The summed E-state index contributed by atoms with van der Waals surface area (Å²) in [5.74, 6) is 0. The van der Waals surface area contributed by atoms with Gasteiger partial charge < -0.3 is 15.5 Å². The van der Waals surface area contributed by atoms with E-state index in [-0.39, 0.29) is 5.54 Å². The number of hydrogen-bond acceptors (Lipinski definition) is 3. The highest BCUT2D eigenvalue weighted by molar-refractivity contribution is 4.76. The lowest BCUT2D eigenvalue weighted by Crippen LogP contribution is -2.46. The molecule has 0 aliphatic carbocycles. The Morgan fingerprint density at radius 1 is 1.15 bits per heavy atom. The molecule has 0 unspecified atom stereocenters. The van der Waals surface area contributed by atoms with Crippen molar-refractivity contribution in [1.82, 2.24) is 9.80 Å². The van der Waals surface area contributed by atoms with Gasteiger partial charge in [-0.05, 0) is 33.9 Å². The number of likely N-dealkylation sites (N-methyl/N-ethyl adjacent to an activating group) is 1. The van der Waals surface area contributed by atoms with Gasteiger partial charge in [0.25, 0.3) is 0 Å². The van der Waals surface area contributed by atoms with Crippen LogP contribution in [0.15, 0.2) is 0 Å². The highest BCUT2D eigenvalue weighted by Crippen LogP contribution is 2.07. The average molecular weight is 185 g/mol. The topological polar surface area (TPSA) is 32.5 Å². The molecule has 0 aromatic rings. The van der Waals surface area contributed by atoms with E-state index in [1.165, 1.54) is 26.2 Å². The van der Waals surface area contributed by atoms with Crippen molar-refractivity contribution in [3.8, 4) is 0 Å².